The van der Waals surface area contributed by atoms with Gasteiger partial charge in [0.25, 0.3) is 0 Å². The second-order valence-electron chi connectivity index (χ2n) is 4.24. The van der Waals surface area contributed by atoms with E-state index in [0.29, 0.717) is 5.41 Å². The highest BCUT2D eigenvalue weighted by molar-refractivity contribution is 5.18. The SMILES string of the molecule is NCCC1(c2ccccn2)CCCC1. The number of nitrogens with zero attached hydrogens (tertiary/aromatic N) is 1. The molecular formula is C12H18N2. The molecule has 1 aliphatic carbocycles. The zero-order chi connectivity index (χ0) is 9.86. The van der Waals surface area contributed by atoms with Gasteiger partial charge in [-0.15, -0.1) is 0 Å². The van der Waals surface area contributed by atoms with E-state index in [4.69, 9.17) is 5.73 Å². The van der Waals surface area contributed by atoms with E-state index in [0.717, 1.165) is 13.0 Å². The number of nitrogens with two attached hydrogens (primary N) is 1. The van der Waals surface area contributed by atoms with Crippen molar-refractivity contribution in [1.82, 2.24) is 4.98 Å². The van der Waals surface area contributed by atoms with Gasteiger partial charge in [-0.1, -0.05) is 18.9 Å². The van der Waals surface area contributed by atoms with E-state index < -0.39 is 0 Å². The van der Waals surface area contributed by atoms with Gasteiger partial charge in [0, 0.05) is 17.3 Å². The van der Waals surface area contributed by atoms with Crippen molar-refractivity contribution >= 4 is 0 Å². The summed E-state index contributed by atoms with van der Waals surface area (Å²) in [6, 6.07) is 6.22. The monoisotopic (exact) mass is 190 g/mol. The minimum atomic E-state index is 0.302. The summed E-state index contributed by atoms with van der Waals surface area (Å²) in [6.45, 7) is 0.774. The summed E-state index contributed by atoms with van der Waals surface area (Å²) in [5.41, 5.74) is 7.26. The summed E-state index contributed by atoms with van der Waals surface area (Å²) in [4.78, 5) is 4.50. The fraction of sp³-hybridized carbons (Fsp3) is 0.583. The third-order valence-electron chi connectivity index (χ3n) is 3.39. The smallest absolute Gasteiger partial charge is 0.0465 e. The summed E-state index contributed by atoms with van der Waals surface area (Å²) in [6.07, 6.45) is 8.17. The van der Waals surface area contributed by atoms with Gasteiger partial charge in [0.05, 0.1) is 0 Å². The second-order valence-corrected chi connectivity index (χ2v) is 4.24. The molecule has 0 unspecified atom stereocenters. The minimum absolute atomic E-state index is 0.302. The summed E-state index contributed by atoms with van der Waals surface area (Å²) in [5.74, 6) is 0. The summed E-state index contributed by atoms with van der Waals surface area (Å²) >= 11 is 0. The molecule has 2 nitrogen and oxygen atoms in total. The van der Waals surface area contributed by atoms with Crippen LogP contribution >= 0.6 is 0 Å². The molecule has 1 fully saturated rings. The molecule has 0 saturated heterocycles. The molecule has 2 rings (SSSR count). The van der Waals surface area contributed by atoms with E-state index in [9.17, 15) is 0 Å². The molecule has 2 heteroatoms. The average molecular weight is 190 g/mol. The fourth-order valence-electron chi connectivity index (χ4n) is 2.64. The Morgan fingerprint density at radius 1 is 1.29 bits per heavy atom. The Morgan fingerprint density at radius 2 is 2.07 bits per heavy atom. The average Bonchev–Trinajstić information content (AvgIpc) is 2.70. The lowest BCUT2D eigenvalue weighted by Gasteiger charge is -2.27. The highest BCUT2D eigenvalue weighted by atomic mass is 14.7. The summed E-state index contributed by atoms with van der Waals surface area (Å²) in [7, 11) is 0. The molecule has 0 amide bonds. The zero-order valence-electron chi connectivity index (χ0n) is 8.58. The van der Waals surface area contributed by atoms with Crippen molar-refractivity contribution in [1.29, 1.82) is 0 Å². The van der Waals surface area contributed by atoms with Crippen LogP contribution in [0, 0.1) is 0 Å². The van der Waals surface area contributed by atoms with Gasteiger partial charge in [-0.05, 0) is 37.9 Å². The first kappa shape index (κ1) is 9.66. The van der Waals surface area contributed by atoms with Crippen LogP contribution in [-0.4, -0.2) is 11.5 Å². The highest BCUT2D eigenvalue weighted by Crippen LogP contribution is 2.42. The topological polar surface area (TPSA) is 38.9 Å². The maximum atomic E-state index is 5.70. The molecule has 0 aromatic carbocycles. The van der Waals surface area contributed by atoms with Gasteiger partial charge < -0.3 is 5.73 Å². The van der Waals surface area contributed by atoms with E-state index in [1.165, 1.54) is 31.4 Å². The first-order chi connectivity index (χ1) is 6.87. The van der Waals surface area contributed by atoms with Gasteiger partial charge in [-0.3, -0.25) is 4.98 Å². The maximum Gasteiger partial charge on any atom is 0.0465 e. The Balaban J connectivity index is 2.27. The van der Waals surface area contributed by atoms with E-state index >= 15 is 0 Å². The van der Waals surface area contributed by atoms with Crippen LogP contribution in [0.3, 0.4) is 0 Å². The number of pyridine rings is 1. The van der Waals surface area contributed by atoms with Gasteiger partial charge in [-0.25, -0.2) is 0 Å². The molecule has 0 spiro atoms. The van der Waals surface area contributed by atoms with Crippen molar-refractivity contribution in [2.24, 2.45) is 5.73 Å². The number of rotatable bonds is 3. The molecule has 0 radical (unpaired) electrons. The van der Waals surface area contributed by atoms with Gasteiger partial charge in [0.15, 0.2) is 0 Å². The maximum absolute atomic E-state index is 5.70. The molecule has 0 atom stereocenters. The van der Waals surface area contributed by atoms with E-state index in [1.807, 2.05) is 12.3 Å². The molecule has 0 bridgehead atoms. The molecule has 76 valence electrons. The van der Waals surface area contributed by atoms with Crippen LogP contribution < -0.4 is 5.73 Å². The predicted octanol–water partition coefficient (Wildman–Crippen LogP) is 2.24. The van der Waals surface area contributed by atoms with Crippen molar-refractivity contribution in [3.05, 3.63) is 30.1 Å². The van der Waals surface area contributed by atoms with Crippen molar-refractivity contribution in [2.45, 2.75) is 37.5 Å². The third kappa shape index (κ3) is 1.67. The lowest BCUT2D eigenvalue weighted by molar-refractivity contribution is 0.400. The van der Waals surface area contributed by atoms with Crippen molar-refractivity contribution in [3.63, 3.8) is 0 Å². The molecule has 1 saturated carbocycles. The Kier molecular flexibility index (Phi) is 2.82. The third-order valence-corrected chi connectivity index (χ3v) is 3.39. The number of hydrogen-bond donors (Lipinski definition) is 1. The Labute approximate surface area is 85.5 Å². The van der Waals surface area contributed by atoms with E-state index in [2.05, 4.69) is 17.1 Å². The van der Waals surface area contributed by atoms with E-state index in [-0.39, 0.29) is 0 Å². The van der Waals surface area contributed by atoms with Gasteiger partial charge in [-0.2, -0.15) is 0 Å². The van der Waals surface area contributed by atoms with Crippen molar-refractivity contribution in [2.75, 3.05) is 6.54 Å². The molecule has 1 heterocycles. The van der Waals surface area contributed by atoms with Crippen molar-refractivity contribution < 1.29 is 0 Å². The quantitative estimate of drug-likeness (QED) is 0.794. The fourth-order valence-corrected chi connectivity index (χ4v) is 2.64. The van der Waals surface area contributed by atoms with Crippen LogP contribution in [0.1, 0.15) is 37.8 Å². The molecule has 2 N–H and O–H groups in total. The number of hydrogen-bond acceptors (Lipinski definition) is 2. The zero-order valence-corrected chi connectivity index (χ0v) is 8.58. The molecule has 0 aliphatic heterocycles. The first-order valence-electron chi connectivity index (χ1n) is 5.49. The van der Waals surface area contributed by atoms with Crippen LogP contribution in [0.4, 0.5) is 0 Å². The van der Waals surface area contributed by atoms with Crippen molar-refractivity contribution in [3.8, 4) is 0 Å². The molecule has 14 heavy (non-hydrogen) atoms. The Bertz CT molecular complexity index is 276. The second kappa shape index (κ2) is 4.09. The first-order valence-corrected chi connectivity index (χ1v) is 5.49. The van der Waals surface area contributed by atoms with Crippen LogP contribution in [0.15, 0.2) is 24.4 Å². The summed E-state index contributed by atoms with van der Waals surface area (Å²) < 4.78 is 0. The number of aromatic nitrogens is 1. The van der Waals surface area contributed by atoms with Crippen LogP contribution in [-0.2, 0) is 5.41 Å². The molecule has 1 aromatic rings. The Morgan fingerprint density at radius 3 is 2.64 bits per heavy atom. The molecular weight excluding hydrogens is 172 g/mol. The summed E-state index contributed by atoms with van der Waals surface area (Å²) in [5, 5.41) is 0. The molecule has 1 aliphatic rings. The predicted molar refractivity (Wildman–Crippen MR) is 58.1 cm³/mol. The standard InChI is InChI=1S/C12H18N2/c13-9-8-12(6-2-3-7-12)11-5-1-4-10-14-11/h1,4-5,10H,2-3,6-9,13H2. The van der Waals surface area contributed by atoms with Gasteiger partial charge in [0.2, 0.25) is 0 Å². The highest BCUT2D eigenvalue weighted by Gasteiger charge is 2.35. The van der Waals surface area contributed by atoms with E-state index in [1.54, 1.807) is 0 Å². The van der Waals surface area contributed by atoms with Gasteiger partial charge in [0.1, 0.15) is 0 Å². The largest absolute Gasteiger partial charge is 0.330 e. The molecule has 1 aromatic heterocycles. The lowest BCUT2D eigenvalue weighted by Crippen LogP contribution is -2.26. The van der Waals surface area contributed by atoms with Crippen LogP contribution in [0.2, 0.25) is 0 Å². The minimum Gasteiger partial charge on any atom is -0.330 e. The van der Waals surface area contributed by atoms with Crippen LogP contribution in [0.25, 0.3) is 0 Å². The van der Waals surface area contributed by atoms with Gasteiger partial charge >= 0.3 is 0 Å². The lowest BCUT2D eigenvalue weighted by atomic mass is 9.79. The van der Waals surface area contributed by atoms with Crippen LogP contribution in [0.5, 0.6) is 0 Å². The Hall–Kier alpha value is -0.890. The normalized spacial score (nSPS) is 19.8.